The van der Waals surface area contributed by atoms with Gasteiger partial charge in [-0.05, 0) is 37.6 Å². The first-order chi connectivity index (χ1) is 10.1. The molecule has 2 rings (SSSR count). The van der Waals surface area contributed by atoms with Gasteiger partial charge in [-0.15, -0.1) is 0 Å². The average Bonchev–Trinajstić information content (AvgIpc) is 2.92. The Morgan fingerprint density at radius 1 is 1.52 bits per heavy atom. The van der Waals surface area contributed by atoms with E-state index in [1.165, 1.54) is 0 Å². The van der Waals surface area contributed by atoms with Gasteiger partial charge in [0, 0.05) is 30.7 Å². The van der Waals surface area contributed by atoms with E-state index < -0.39 is 0 Å². The lowest BCUT2D eigenvalue weighted by Gasteiger charge is -2.14. The molecule has 1 aromatic carbocycles. The number of amides is 2. The van der Waals surface area contributed by atoms with Gasteiger partial charge < -0.3 is 15.7 Å². The fourth-order valence-electron chi connectivity index (χ4n) is 1.84. The first kappa shape index (κ1) is 15.3. The molecule has 2 aromatic rings. The molecule has 7 heteroatoms. The Bertz CT molecular complexity index is 601. The van der Waals surface area contributed by atoms with Crippen LogP contribution in [0.15, 0.2) is 36.7 Å². The maximum atomic E-state index is 11.8. The lowest BCUT2D eigenvalue weighted by Crippen LogP contribution is -2.36. The van der Waals surface area contributed by atoms with Crippen molar-refractivity contribution in [1.29, 1.82) is 0 Å². The Morgan fingerprint density at radius 3 is 2.95 bits per heavy atom. The molecule has 112 valence electrons. The summed E-state index contributed by atoms with van der Waals surface area (Å²) in [5, 5.41) is 18.8. The number of carbonyl (C=O) groups is 1. The van der Waals surface area contributed by atoms with Crippen LogP contribution in [0, 0.1) is 0 Å². The highest BCUT2D eigenvalue weighted by atomic mass is 35.5. The quantitative estimate of drug-likeness (QED) is 0.793. The van der Waals surface area contributed by atoms with Crippen LogP contribution < -0.4 is 10.6 Å². The van der Waals surface area contributed by atoms with Crippen molar-refractivity contribution >= 4 is 23.3 Å². The van der Waals surface area contributed by atoms with Gasteiger partial charge >= 0.3 is 6.03 Å². The molecule has 0 aliphatic rings. The summed E-state index contributed by atoms with van der Waals surface area (Å²) in [6, 6.07) is 6.56. The Kier molecular flexibility index (Phi) is 5.19. The molecule has 0 aliphatic carbocycles. The van der Waals surface area contributed by atoms with Crippen molar-refractivity contribution in [2.24, 2.45) is 0 Å². The molecule has 1 atom stereocenters. The van der Waals surface area contributed by atoms with E-state index in [-0.39, 0.29) is 18.7 Å². The Morgan fingerprint density at radius 2 is 2.33 bits per heavy atom. The van der Waals surface area contributed by atoms with Crippen LogP contribution in [0.1, 0.15) is 13.3 Å². The first-order valence-electron chi connectivity index (χ1n) is 6.58. The summed E-state index contributed by atoms with van der Waals surface area (Å²) >= 11 is 6.19. The standard InChI is InChI=1S/C14H17ClN4O2/c1-10(5-8-20)17-14(21)18-11-3-4-13(12(15)9-11)19-7-2-6-16-19/h2-4,6-7,9-10,20H,5,8H2,1H3,(H2,17,18,21)/t10-/m1/s1. The summed E-state index contributed by atoms with van der Waals surface area (Å²) in [5.74, 6) is 0. The second-order valence-corrected chi connectivity index (χ2v) is 5.04. The van der Waals surface area contributed by atoms with Crippen molar-refractivity contribution in [3.8, 4) is 5.69 Å². The molecule has 1 aromatic heterocycles. The number of aliphatic hydroxyl groups excluding tert-OH is 1. The molecule has 0 bridgehead atoms. The minimum atomic E-state index is -0.334. The molecule has 0 unspecified atom stereocenters. The van der Waals surface area contributed by atoms with E-state index >= 15 is 0 Å². The number of aliphatic hydroxyl groups is 1. The van der Waals surface area contributed by atoms with Crippen molar-refractivity contribution in [2.75, 3.05) is 11.9 Å². The SMILES string of the molecule is C[C@H](CCO)NC(=O)Nc1ccc(-n2cccn2)c(Cl)c1. The number of nitrogens with zero attached hydrogens (tertiary/aromatic N) is 2. The molecule has 1 heterocycles. The zero-order valence-corrected chi connectivity index (χ0v) is 12.3. The highest BCUT2D eigenvalue weighted by Crippen LogP contribution is 2.23. The molecule has 3 N–H and O–H groups in total. The number of hydrogen-bond donors (Lipinski definition) is 3. The third-order valence-electron chi connectivity index (χ3n) is 2.90. The molecule has 2 amide bonds. The fourth-order valence-corrected chi connectivity index (χ4v) is 2.11. The number of halogens is 1. The number of urea groups is 1. The predicted octanol–water partition coefficient (Wildman–Crippen LogP) is 2.42. The molecule has 0 saturated heterocycles. The van der Waals surface area contributed by atoms with Gasteiger partial charge in [0.05, 0.1) is 10.7 Å². The summed E-state index contributed by atoms with van der Waals surface area (Å²) in [6.45, 7) is 1.86. The van der Waals surface area contributed by atoms with Crippen LogP contribution >= 0.6 is 11.6 Å². The van der Waals surface area contributed by atoms with Crippen molar-refractivity contribution in [3.63, 3.8) is 0 Å². The second kappa shape index (κ2) is 7.10. The summed E-state index contributed by atoms with van der Waals surface area (Å²) in [7, 11) is 0. The summed E-state index contributed by atoms with van der Waals surface area (Å²) in [6.07, 6.45) is 3.96. The van der Waals surface area contributed by atoms with E-state index in [4.69, 9.17) is 16.7 Å². The number of nitrogens with one attached hydrogen (secondary N) is 2. The first-order valence-corrected chi connectivity index (χ1v) is 6.96. The second-order valence-electron chi connectivity index (χ2n) is 4.63. The minimum absolute atomic E-state index is 0.0336. The van der Waals surface area contributed by atoms with Crippen molar-refractivity contribution in [2.45, 2.75) is 19.4 Å². The third-order valence-corrected chi connectivity index (χ3v) is 3.20. The van der Waals surface area contributed by atoms with E-state index in [1.807, 2.05) is 6.92 Å². The number of hydrogen-bond acceptors (Lipinski definition) is 3. The van der Waals surface area contributed by atoms with Gasteiger partial charge in [0.1, 0.15) is 0 Å². The summed E-state index contributed by atoms with van der Waals surface area (Å²) in [5.41, 5.74) is 1.32. The number of aromatic nitrogens is 2. The molecular formula is C14H17ClN4O2. The monoisotopic (exact) mass is 308 g/mol. The van der Waals surface area contributed by atoms with Crippen LogP contribution in [0.2, 0.25) is 5.02 Å². The zero-order valence-electron chi connectivity index (χ0n) is 11.6. The predicted molar refractivity (Wildman–Crippen MR) is 81.9 cm³/mol. The fraction of sp³-hybridized carbons (Fsp3) is 0.286. The van der Waals surface area contributed by atoms with E-state index in [2.05, 4.69) is 15.7 Å². The number of benzene rings is 1. The zero-order chi connectivity index (χ0) is 15.2. The highest BCUT2D eigenvalue weighted by molar-refractivity contribution is 6.32. The van der Waals surface area contributed by atoms with Crippen LogP contribution in [0.5, 0.6) is 0 Å². The van der Waals surface area contributed by atoms with Crippen LogP contribution in [-0.4, -0.2) is 33.6 Å². The number of anilines is 1. The normalized spacial score (nSPS) is 12.0. The largest absolute Gasteiger partial charge is 0.396 e. The van der Waals surface area contributed by atoms with E-state index in [1.54, 1.807) is 41.3 Å². The Hall–Kier alpha value is -2.05. The highest BCUT2D eigenvalue weighted by Gasteiger charge is 2.09. The van der Waals surface area contributed by atoms with E-state index in [9.17, 15) is 4.79 Å². The van der Waals surface area contributed by atoms with Crippen LogP contribution in [-0.2, 0) is 0 Å². The third kappa shape index (κ3) is 4.21. The Balaban J connectivity index is 2.02. The van der Waals surface area contributed by atoms with Gasteiger partial charge in [-0.1, -0.05) is 11.6 Å². The van der Waals surface area contributed by atoms with Gasteiger partial charge in [-0.3, -0.25) is 0 Å². The molecule has 0 saturated carbocycles. The summed E-state index contributed by atoms with van der Waals surface area (Å²) in [4.78, 5) is 11.8. The number of rotatable bonds is 5. The smallest absolute Gasteiger partial charge is 0.319 e. The molecule has 0 spiro atoms. The van der Waals surface area contributed by atoms with Gasteiger partial charge in [0.2, 0.25) is 0 Å². The maximum absolute atomic E-state index is 11.8. The minimum Gasteiger partial charge on any atom is -0.396 e. The lowest BCUT2D eigenvalue weighted by molar-refractivity contribution is 0.241. The molecule has 21 heavy (non-hydrogen) atoms. The van der Waals surface area contributed by atoms with E-state index in [0.29, 0.717) is 17.1 Å². The van der Waals surface area contributed by atoms with Gasteiger partial charge in [-0.25, -0.2) is 9.48 Å². The Labute approximate surface area is 127 Å². The maximum Gasteiger partial charge on any atom is 0.319 e. The van der Waals surface area contributed by atoms with Gasteiger partial charge in [0.25, 0.3) is 0 Å². The van der Waals surface area contributed by atoms with Gasteiger partial charge in [-0.2, -0.15) is 5.10 Å². The molecule has 6 nitrogen and oxygen atoms in total. The number of carbonyl (C=O) groups excluding carboxylic acids is 1. The van der Waals surface area contributed by atoms with E-state index in [0.717, 1.165) is 5.69 Å². The van der Waals surface area contributed by atoms with Crippen LogP contribution in [0.25, 0.3) is 5.69 Å². The van der Waals surface area contributed by atoms with Gasteiger partial charge in [0.15, 0.2) is 0 Å². The molecule has 0 radical (unpaired) electrons. The molecule has 0 aliphatic heterocycles. The molecule has 0 fully saturated rings. The van der Waals surface area contributed by atoms with Crippen LogP contribution in [0.3, 0.4) is 0 Å². The lowest BCUT2D eigenvalue weighted by atomic mass is 10.2. The van der Waals surface area contributed by atoms with Crippen molar-refractivity contribution < 1.29 is 9.90 Å². The topological polar surface area (TPSA) is 79.2 Å². The van der Waals surface area contributed by atoms with Crippen molar-refractivity contribution in [3.05, 3.63) is 41.7 Å². The summed E-state index contributed by atoms with van der Waals surface area (Å²) < 4.78 is 1.65. The van der Waals surface area contributed by atoms with Crippen molar-refractivity contribution in [1.82, 2.24) is 15.1 Å². The van der Waals surface area contributed by atoms with Crippen LogP contribution in [0.4, 0.5) is 10.5 Å². The average molecular weight is 309 g/mol. The molecular weight excluding hydrogens is 292 g/mol.